The van der Waals surface area contributed by atoms with Crippen molar-refractivity contribution < 1.29 is 0 Å². The predicted molar refractivity (Wildman–Crippen MR) is 115 cm³/mol. The number of thiophene rings is 1. The number of hydrogen-bond acceptors (Lipinski definition) is 2. The van der Waals surface area contributed by atoms with Crippen molar-refractivity contribution in [3.63, 3.8) is 0 Å². The molecule has 0 bridgehead atoms. The van der Waals surface area contributed by atoms with Crippen LogP contribution in [0.15, 0.2) is 60.8 Å². The van der Waals surface area contributed by atoms with Crippen molar-refractivity contribution in [2.45, 2.75) is 13.8 Å². The van der Waals surface area contributed by atoms with Crippen molar-refractivity contribution >= 4 is 53.9 Å². The third-order valence-electron chi connectivity index (χ3n) is 4.83. The second kappa shape index (κ2) is 5.80. The summed E-state index contributed by atoms with van der Waals surface area (Å²) in [7, 11) is 0. The van der Waals surface area contributed by atoms with Crippen LogP contribution in [-0.4, -0.2) is 4.98 Å². The molecule has 3 heteroatoms. The molecule has 2 heterocycles. The number of rotatable bonds is 1. The smallest absolute Gasteiger partial charge is 0.0880 e. The first-order chi connectivity index (χ1) is 12.6. The molecule has 0 aliphatic heterocycles. The molecule has 0 radical (unpaired) electrons. The van der Waals surface area contributed by atoms with Gasteiger partial charge in [0.05, 0.1) is 10.4 Å². The highest BCUT2D eigenvalue weighted by Gasteiger charge is 2.14. The second-order valence-electron chi connectivity index (χ2n) is 6.82. The molecule has 0 aliphatic rings. The highest BCUT2D eigenvalue weighted by molar-refractivity contribution is 7.27. The van der Waals surface area contributed by atoms with Gasteiger partial charge in [-0.1, -0.05) is 47.0 Å². The van der Waals surface area contributed by atoms with E-state index < -0.39 is 0 Å². The topological polar surface area (TPSA) is 12.9 Å². The van der Waals surface area contributed by atoms with Crippen LogP contribution in [0.1, 0.15) is 11.1 Å². The summed E-state index contributed by atoms with van der Waals surface area (Å²) in [4.78, 5) is 4.74. The quantitative estimate of drug-likeness (QED) is 0.295. The van der Waals surface area contributed by atoms with Crippen molar-refractivity contribution in [1.82, 2.24) is 4.98 Å². The lowest BCUT2D eigenvalue weighted by atomic mass is 10.0. The maximum absolute atomic E-state index is 6.18. The van der Waals surface area contributed by atoms with Crippen LogP contribution >= 0.6 is 22.9 Å². The maximum Gasteiger partial charge on any atom is 0.0880 e. The van der Waals surface area contributed by atoms with Crippen LogP contribution in [-0.2, 0) is 0 Å². The van der Waals surface area contributed by atoms with Gasteiger partial charge in [0, 0.05) is 32.3 Å². The molecular weight excluding hydrogens is 358 g/mol. The Morgan fingerprint density at radius 2 is 1.50 bits per heavy atom. The third kappa shape index (κ3) is 2.41. The molecule has 0 fully saturated rings. The zero-order valence-corrected chi connectivity index (χ0v) is 16.1. The molecule has 2 aromatic heterocycles. The molecule has 0 unspecified atom stereocenters. The van der Waals surface area contributed by atoms with Crippen molar-refractivity contribution in [1.29, 1.82) is 0 Å². The van der Waals surface area contributed by atoms with E-state index >= 15 is 0 Å². The molecule has 1 nitrogen and oxygen atoms in total. The fourth-order valence-electron chi connectivity index (χ4n) is 3.78. The molecule has 5 aromatic rings. The van der Waals surface area contributed by atoms with Gasteiger partial charge in [-0.05, 0) is 55.0 Å². The number of pyridine rings is 1. The summed E-state index contributed by atoms with van der Waals surface area (Å²) in [6.07, 6.45) is 1.92. The summed E-state index contributed by atoms with van der Waals surface area (Å²) in [5.41, 5.74) is 4.78. The first kappa shape index (κ1) is 15.8. The summed E-state index contributed by atoms with van der Waals surface area (Å²) in [6.45, 7) is 4.28. The average Bonchev–Trinajstić information content (AvgIpc) is 2.99. The summed E-state index contributed by atoms with van der Waals surface area (Å²) < 4.78 is 2.54. The number of nitrogens with zero attached hydrogens (tertiary/aromatic N) is 1. The maximum atomic E-state index is 6.18. The molecule has 126 valence electrons. The van der Waals surface area contributed by atoms with E-state index in [1.54, 1.807) is 0 Å². The van der Waals surface area contributed by atoms with Gasteiger partial charge in [-0.25, -0.2) is 0 Å². The van der Waals surface area contributed by atoms with Crippen LogP contribution in [0.2, 0.25) is 5.02 Å². The van der Waals surface area contributed by atoms with Crippen LogP contribution in [0.25, 0.3) is 42.2 Å². The summed E-state index contributed by atoms with van der Waals surface area (Å²) in [5.74, 6) is 0. The van der Waals surface area contributed by atoms with Crippen LogP contribution in [0, 0.1) is 13.8 Å². The molecule has 0 saturated carbocycles. The first-order valence-electron chi connectivity index (χ1n) is 8.58. The molecule has 5 rings (SSSR count). The van der Waals surface area contributed by atoms with Crippen molar-refractivity contribution in [2.24, 2.45) is 0 Å². The van der Waals surface area contributed by atoms with Gasteiger partial charge < -0.3 is 0 Å². The number of fused-ring (bicyclic) bond motifs is 5. The summed E-state index contributed by atoms with van der Waals surface area (Å²) in [6, 6.07) is 19.3. The number of benzene rings is 3. The lowest BCUT2D eigenvalue weighted by Gasteiger charge is -2.05. The van der Waals surface area contributed by atoms with Crippen molar-refractivity contribution in [3.8, 4) is 11.3 Å². The van der Waals surface area contributed by atoms with E-state index in [2.05, 4.69) is 56.3 Å². The number of aromatic nitrogens is 1. The Kier molecular flexibility index (Phi) is 3.53. The van der Waals surface area contributed by atoms with Crippen molar-refractivity contribution in [2.75, 3.05) is 0 Å². The standard InChI is InChI=1S/C23H16ClNS/c1-13-9-14(2)11-16(10-13)21-23-20(7-8-25-21)19-5-3-15-12-17(24)4-6-18(15)22(19)26-23/h3-12H,1-2H3. The van der Waals surface area contributed by atoms with E-state index in [1.165, 1.54) is 47.6 Å². The van der Waals surface area contributed by atoms with Crippen molar-refractivity contribution in [3.05, 3.63) is 76.9 Å². The van der Waals surface area contributed by atoms with E-state index in [1.807, 2.05) is 29.7 Å². The zero-order chi connectivity index (χ0) is 17.8. The van der Waals surface area contributed by atoms with Gasteiger partial charge in [-0.15, -0.1) is 11.3 Å². The van der Waals surface area contributed by atoms with E-state index in [0.717, 1.165) is 10.7 Å². The van der Waals surface area contributed by atoms with Crippen LogP contribution in [0.3, 0.4) is 0 Å². The minimum absolute atomic E-state index is 0.774. The normalized spacial score (nSPS) is 11.7. The van der Waals surface area contributed by atoms with Gasteiger partial charge in [0.2, 0.25) is 0 Å². The molecule has 0 saturated heterocycles. The molecule has 0 spiro atoms. The first-order valence-corrected chi connectivity index (χ1v) is 9.78. The summed E-state index contributed by atoms with van der Waals surface area (Å²) in [5, 5.41) is 5.76. The molecule has 0 amide bonds. The highest BCUT2D eigenvalue weighted by atomic mass is 35.5. The number of halogens is 1. The molecular formula is C23H16ClNS. The Hall–Kier alpha value is -2.42. The van der Waals surface area contributed by atoms with Gasteiger partial charge in [0.15, 0.2) is 0 Å². The number of aryl methyl sites for hydroxylation is 2. The van der Waals surface area contributed by atoms with E-state index in [4.69, 9.17) is 16.6 Å². The Balaban J connectivity index is 1.89. The molecule has 0 N–H and O–H groups in total. The van der Waals surface area contributed by atoms with Gasteiger partial charge in [0.1, 0.15) is 0 Å². The Morgan fingerprint density at radius 1 is 0.769 bits per heavy atom. The Morgan fingerprint density at radius 3 is 2.31 bits per heavy atom. The SMILES string of the molecule is Cc1cc(C)cc(-c2nccc3c2sc2c4ccc(Cl)cc4ccc32)c1. The van der Waals surface area contributed by atoms with Crippen LogP contribution < -0.4 is 0 Å². The molecule has 0 aliphatic carbocycles. The zero-order valence-electron chi connectivity index (χ0n) is 14.5. The minimum atomic E-state index is 0.774. The monoisotopic (exact) mass is 373 g/mol. The Bertz CT molecular complexity index is 1300. The third-order valence-corrected chi connectivity index (χ3v) is 6.32. The van der Waals surface area contributed by atoms with E-state index in [9.17, 15) is 0 Å². The van der Waals surface area contributed by atoms with Crippen LogP contribution in [0.4, 0.5) is 0 Å². The van der Waals surface area contributed by atoms with Gasteiger partial charge in [-0.2, -0.15) is 0 Å². The Labute approximate surface area is 160 Å². The fourth-order valence-corrected chi connectivity index (χ4v) is 5.30. The van der Waals surface area contributed by atoms with E-state index in [-0.39, 0.29) is 0 Å². The highest BCUT2D eigenvalue weighted by Crippen LogP contribution is 2.42. The molecule has 3 aromatic carbocycles. The fraction of sp³-hybridized carbons (Fsp3) is 0.0870. The van der Waals surface area contributed by atoms with E-state index in [0.29, 0.717) is 0 Å². The average molecular weight is 374 g/mol. The van der Waals surface area contributed by atoms with Gasteiger partial charge in [0.25, 0.3) is 0 Å². The lowest BCUT2D eigenvalue weighted by Crippen LogP contribution is -1.86. The van der Waals surface area contributed by atoms with Gasteiger partial charge in [-0.3, -0.25) is 4.98 Å². The minimum Gasteiger partial charge on any atom is -0.255 e. The predicted octanol–water partition coefficient (Wildman–Crippen LogP) is 7.54. The second-order valence-corrected chi connectivity index (χ2v) is 8.28. The largest absolute Gasteiger partial charge is 0.255 e. The van der Waals surface area contributed by atoms with Crippen LogP contribution in [0.5, 0.6) is 0 Å². The summed E-state index contributed by atoms with van der Waals surface area (Å²) >= 11 is 8.00. The number of hydrogen-bond donors (Lipinski definition) is 0. The van der Waals surface area contributed by atoms with Gasteiger partial charge >= 0.3 is 0 Å². The lowest BCUT2D eigenvalue weighted by molar-refractivity contribution is 1.33. The molecule has 26 heavy (non-hydrogen) atoms. The molecule has 0 atom stereocenters.